The number of likely N-dealkylation sites (tertiary alicyclic amines) is 1. The van der Waals surface area contributed by atoms with Gasteiger partial charge in [0.1, 0.15) is 17.3 Å². The summed E-state index contributed by atoms with van der Waals surface area (Å²) < 4.78 is 15.9. The van der Waals surface area contributed by atoms with E-state index in [1.54, 1.807) is 44.6 Å². The van der Waals surface area contributed by atoms with Crippen molar-refractivity contribution in [1.82, 2.24) is 4.90 Å². The molecule has 1 aliphatic heterocycles. The first-order valence-corrected chi connectivity index (χ1v) is 10.6. The van der Waals surface area contributed by atoms with Crippen molar-refractivity contribution in [1.29, 1.82) is 0 Å². The minimum atomic E-state index is -0.704. The number of benzene rings is 2. The molecule has 0 aliphatic carbocycles. The molecular weight excluding hydrogens is 410 g/mol. The normalized spacial score (nSPS) is 17.6. The van der Waals surface area contributed by atoms with Gasteiger partial charge in [-0.2, -0.15) is 0 Å². The Balaban J connectivity index is 2.10. The van der Waals surface area contributed by atoms with Crippen LogP contribution >= 0.6 is 0 Å². The molecule has 0 radical (unpaired) electrons. The van der Waals surface area contributed by atoms with Crippen molar-refractivity contribution >= 4 is 17.4 Å². The molecule has 0 bridgehead atoms. The number of carbonyl (C=O) groups is 2. The molecule has 0 spiro atoms. The predicted octanol–water partition coefficient (Wildman–Crippen LogP) is 3.86. The number of Topliss-reactive ketones (excluding diaryl/α,β-unsaturated/α-hetero) is 1. The fraction of sp³-hybridized carbons (Fsp3) is 0.360. The highest BCUT2D eigenvalue weighted by molar-refractivity contribution is 6.46. The van der Waals surface area contributed by atoms with Gasteiger partial charge in [0, 0.05) is 25.8 Å². The van der Waals surface area contributed by atoms with E-state index in [1.807, 2.05) is 26.0 Å². The third-order valence-electron chi connectivity index (χ3n) is 5.46. The standard InChI is InChI=1S/C25H29NO6/c1-5-32-19-10-7-17(8-11-19)22-21(24(28)25(29)26(22)13-6-14-30-3)23(27)18-9-12-20(31-4)16(2)15-18/h7-12,15,22,27H,5-6,13-14H2,1-4H3/t22-/m1/s1. The van der Waals surface area contributed by atoms with E-state index in [9.17, 15) is 14.7 Å². The lowest BCUT2D eigenvalue weighted by Gasteiger charge is -2.25. The lowest BCUT2D eigenvalue weighted by atomic mass is 9.94. The molecule has 7 nitrogen and oxygen atoms in total. The van der Waals surface area contributed by atoms with Crippen LogP contribution in [0.15, 0.2) is 48.0 Å². The number of aliphatic hydroxyl groups excluding tert-OH is 1. The zero-order chi connectivity index (χ0) is 23.3. The van der Waals surface area contributed by atoms with Gasteiger partial charge in [-0.3, -0.25) is 9.59 Å². The Bertz CT molecular complexity index is 1010. The number of rotatable bonds is 9. The maximum atomic E-state index is 13.0. The number of methoxy groups -OCH3 is 2. The van der Waals surface area contributed by atoms with Crippen LogP contribution in [0.5, 0.6) is 11.5 Å². The number of ketones is 1. The summed E-state index contributed by atoms with van der Waals surface area (Å²) in [7, 11) is 3.16. The smallest absolute Gasteiger partial charge is 0.295 e. The maximum absolute atomic E-state index is 13.0. The van der Waals surface area contributed by atoms with Gasteiger partial charge in [0.25, 0.3) is 11.7 Å². The number of aryl methyl sites for hydroxylation is 1. The molecular formula is C25H29NO6. The molecule has 3 rings (SSSR count). The Kier molecular flexibility index (Phi) is 7.53. The van der Waals surface area contributed by atoms with Gasteiger partial charge in [-0.1, -0.05) is 12.1 Å². The average Bonchev–Trinajstić information content (AvgIpc) is 3.04. The van der Waals surface area contributed by atoms with Gasteiger partial charge in [0.05, 0.1) is 25.3 Å². The predicted molar refractivity (Wildman–Crippen MR) is 121 cm³/mol. The second-order valence-corrected chi connectivity index (χ2v) is 7.53. The van der Waals surface area contributed by atoms with Crippen molar-refractivity contribution in [3.63, 3.8) is 0 Å². The lowest BCUT2D eigenvalue weighted by molar-refractivity contribution is -0.140. The van der Waals surface area contributed by atoms with Crippen molar-refractivity contribution in [2.75, 3.05) is 34.0 Å². The van der Waals surface area contributed by atoms with Crippen LogP contribution in [0.4, 0.5) is 0 Å². The third-order valence-corrected chi connectivity index (χ3v) is 5.46. The van der Waals surface area contributed by atoms with Crippen LogP contribution in [0.25, 0.3) is 5.76 Å². The quantitative estimate of drug-likeness (QED) is 0.276. The number of ether oxygens (including phenoxy) is 3. The molecule has 1 heterocycles. The molecule has 1 aliphatic rings. The fourth-order valence-electron chi connectivity index (χ4n) is 3.93. The summed E-state index contributed by atoms with van der Waals surface area (Å²) in [6, 6.07) is 11.7. The highest BCUT2D eigenvalue weighted by Crippen LogP contribution is 2.40. The van der Waals surface area contributed by atoms with E-state index < -0.39 is 17.7 Å². The highest BCUT2D eigenvalue weighted by atomic mass is 16.5. The third kappa shape index (κ3) is 4.62. The van der Waals surface area contributed by atoms with Crippen molar-refractivity contribution in [3.05, 3.63) is 64.7 Å². The largest absolute Gasteiger partial charge is 0.507 e. The van der Waals surface area contributed by atoms with Crippen molar-refractivity contribution in [2.24, 2.45) is 0 Å². The molecule has 1 N–H and O–H groups in total. The second kappa shape index (κ2) is 10.3. The Morgan fingerprint density at radius 1 is 1.09 bits per heavy atom. The fourth-order valence-corrected chi connectivity index (χ4v) is 3.93. The molecule has 1 atom stereocenters. The van der Waals surface area contributed by atoms with E-state index in [-0.39, 0.29) is 11.3 Å². The Labute approximate surface area is 188 Å². The summed E-state index contributed by atoms with van der Waals surface area (Å²) in [6.07, 6.45) is 0.568. The number of amides is 1. The lowest BCUT2D eigenvalue weighted by Crippen LogP contribution is -2.31. The van der Waals surface area contributed by atoms with E-state index in [0.29, 0.717) is 43.2 Å². The summed E-state index contributed by atoms with van der Waals surface area (Å²) in [5, 5.41) is 11.1. The molecule has 1 saturated heterocycles. The van der Waals surface area contributed by atoms with E-state index in [0.717, 1.165) is 11.1 Å². The van der Waals surface area contributed by atoms with E-state index in [1.165, 1.54) is 4.90 Å². The first-order chi connectivity index (χ1) is 15.4. The van der Waals surface area contributed by atoms with Crippen LogP contribution in [-0.4, -0.2) is 55.7 Å². The molecule has 0 aromatic heterocycles. The van der Waals surface area contributed by atoms with Crippen molar-refractivity contribution in [3.8, 4) is 11.5 Å². The number of nitrogens with zero attached hydrogens (tertiary/aromatic N) is 1. The van der Waals surface area contributed by atoms with Gasteiger partial charge < -0.3 is 24.2 Å². The van der Waals surface area contributed by atoms with Crippen LogP contribution in [0.2, 0.25) is 0 Å². The number of carbonyl (C=O) groups excluding carboxylic acids is 2. The first-order valence-electron chi connectivity index (χ1n) is 10.6. The van der Waals surface area contributed by atoms with E-state index in [4.69, 9.17) is 14.2 Å². The van der Waals surface area contributed by atoms with Gasteiger partial charge in [0.15, 0.2) is 0 Å². The van der Waals surface area contributed by atoms with Gasteiger partial charge in [0.2, 0.25) is 0 Å². The Hall–Kier alpha value is -3.32. The number of aliphatic hydroxyl groups is 1. The summed E-state index contributed by atoms with van der Waals surface area (Å²) >= 11 is 0. The first kappa shape index (κ1) is 23.3. The topological polar surface area (TPSA) is 85.3 Å². The molecule has 0 unspecified atom stereocenters. The summed E-state index contributed by atoms with van der Waals surface area (Å²) in [5.41, 5.74) is 2.05. The van der Waals surface area contributed by atoms with E-state index in [2.05, 4.69) is 0 Å². The average molecular weight is 440 g/mol. The molecule has 0 saturated carbocycles. The van der Waals surface area contributed by atoms with Crippen LogP contribution in [-0.2, 0) is 14.3 Å². The highest BCUT2D eigenvalue weighted by Gasteiger charge is 2.45. The molecule has 170 valence electrons. The molecule has 1 fully saturated rings. The van der Waals surface area contributed by atoms with Crippen LogP contribution in [0, 0.1) is 6.92 Å². The maximum Gasteiger partial charge on any atom is 0.295 e. The van der Waals surface area contributed by atoms with Crippen LogP contribution < -0.4 is 9.47 Å². The van der Waals surface area contributed by atoms with Gasteiger partial charge in [-0.25, -0.2) is 0 Å². The zero-order valence-corrected chi connectivity index (χ0v) is 18.9. The zero-order valence-electron chi connectivity index (χ0n) is 18.9. The Morgan fingerprint density at radius 3 is 2.41 bits per heavy atom. The second-order valence-electron chi connectivity index (χ2n) is 7.53. The van der Waals surface area contributed by atoms with Crippen LogP contribution in [0.3, 0.4) is 0 Å². The number of hydrogen-bond donors (Lipinski definition) is 1. The van der Waals surface area contributed by atoms with Gasteiger partial charge in [-0.05, 0) is 61.7 Å². The molecule has 32 heavy (non-hydrogen) atoms. The number of hydrogen-bond acceptors (Lipinski definition) is 6. The van der Waals surface area contributed by atoms with Gasteiger partial charge in [-0.15, -0.1) is 0 Å². The summed E-state index contributed by atoms with van der Waals surface area (Å²) in [5.74, 6) is -0.177. The minimum absolute atomic E-state index is 0.0705. The SMILES string of the molecule is CCOc1ccc([C@@H]2C(=C(O)c3ccc(OC)c(C)c3)C(=O)C(=O)N2CCCOC)cc1. The minimum Gasteiger partial charge on any atom is -0.507 e. The molecule has 2 aromatic carbocycles. The van der Waals surface area contributed by atoms with E-state index >= 15 is 0 Å². The monoisotopic (exact) mass is 439 g/mol. The Morgan fingerprint density at radius 2 is 1.81 bits per heavy atom. The summed E-state index contributed by atoms with van der Waals surface area (Å²) in [6.45, 7) is 5.06. The van der Waals surface area contributed by atoms with Gasteiger partial charge >= 0.3 is 0 Å². The van der Waals surface area contributed by atoms with Crippen molar-refractivity contribution in [2.45, 2.75) is 26.3 Å². The molecule has 7 heteroatoms. The molecule has 1 amide bonds. The van der Waals surface area contributed by atoms with Crippen molar-refractivity contribution < 1.29 is 28.9 Å². The molecule has 2 aromatic rings. The van der Waals surface area contributed by atoms with Crippen LogP contribution in [0.1, 0.15) is 36.1 Å². The summed E-state index contributed by atoms with van der Waals surface area (Å²) in [4.78, 5) is 27.4.